The molecule has 1 fully saturated rings. The van der Waals surface area contributed by atoms with Crippen LogP contribution in [0.2, 0.25) is 0 Å². The second-order valence-corrected chi connectivity index (χ2v) is 5.78. The van der Waals surface area contributed by atoms with Gasteiger partial charge in [-0.1, -0.05) is 28.4 Å². The highest BCUT2D eigenvalue weighted by Crippen LogP contribution is 2.24. The monoisotopic (exact) mass is 311 g/mol. The maximum absolute atomic E-state index is 10.9. The van der Waals surface area contributed by atoms with Crippen LogP contribution < -0.4 is 0 Å². The first-order chi connectivity index (χ1) is 8.58. The van der Waals surface area contributed by atoms with Crippen LogP contribution in [0.4, 0.5) is 0 Å². The quantitative estimate of drug-likeness (QED) is 0.928. The van der Waals surface area contributed by atoms with Gasteiger partial charge >= 0.3 is 5.97 Å². The summed E-state index contributed by atoms with van der Waals surface area (Å²) in [4.78, 5) is 13.3. The molecule has 98 valence electrons. The van der Waals surface area contributed by atoms with Crippen molar-refractivity contribution in [2.24, 2.45) is 0 Å². The number of aromatic carboxylic acids is 1. The number of rotatable bonds is 3. The molecule has 0 spiro atoms. The number of carbonyl (C=O) groups is 1. The molecule has 1 aromatic rings. The van der Waals surface area contributed by atoms with E-state index in [0.29, 0.717) is 11.6 Å². The van der Waals surface area contributed by atoms with E-state index in [0.717, 1.165) is 23.1 Å². The van der Waals surface area contributed by atoms with E-state index in [-0.39, 0.29) is 0 Å². The largest absolute Gasteiger partial charge is 0.478 e. The van der Waals surface area contributed by atoms with Crippen LogP contribution in [0.3, 0.4) is 0 Å². The van der Waals surface area contributed by atoms with E-state index in [1.54, 1.807) is 12.1 Å². The minimum Gasteiger partial charge on any atom is -0.478 e. The fraction of sp³-hybridized carbons (Fsp3) is 0.500. The summed E-state index contributed by atoms with van der Waals surface area (Å²) in [5, 5.41) is 8.93. The molecule has 1 aliphatic rings. The van der Waals surface area contributed by atoms with Gasteiger partial charge in [0.25, 0.3) is 0 Å². The molecule has 0 bridgehead atoms. The number of nitrogens with zero attached hydrogens (tertiary/aromatic N) is 1. The Balaban J connectivity index is 2.11. The summed E-state index contributed by atoms with van der Waals surface area (Å²) >= 11 is 3.47. The summed E-state index contributed by atoms with van der Waals surface area (Å²) in [6, 6.07) is 5.89. The van der Waals surface area contributed by atoms with Gasteiger partial charge in [0.05, 0.1) is 5.56 Å². The number of hydrogen-bond donors (Lipinski definition) is 1. The second kappa shape index (κ2) is 5.85. The molecule has 0 saturated carbocycles. The smallest absolute Gasteiger partial charge is 0.335 e. The number of hydrogen-bond acceptors (Lipinski definition) is 2. The second-order valence-electron chi connectivity index (χ2n) is 4.93. The van der Waals surface area contributed by atoms with E-state index in [4.69, 9.17) is 5.11 Å². The predicted molar refractivity (Wildman–Crippen MR) is 74.8 cm³/mol. The predicted octanol–water partition coefficient (Wildman–Crippen LogP) is 3.52. The number of carboxylic acids is 1. The van der Waals surface area contributed by atoms with Crippen molar-refractivity contribution in [3.63, 3.8) is 0 Å². The number of carboxylic acid groups (broad SMARTS) is 1. The fourth-order valence-electron chi connectivity index (χ4n) is 2.42. The average molecular weight is 312 g/mol. The Hall–Kier alpha value is -0.870. The van der Waals surface area contributed by atoms with Gasteiger partial charge in [-0.15, -0.1) is 0 Å². The molecule has 1 saturated heterocycles. The van der Waals surface area contributed by atoms with Gasteiger partial charge in [-0.3, -0.25) is 4.90 Å². The van der Waals surface area contributed by atoms with Crippen molar-refractivity contribution in [2.75, 3.05) is 6.54 Å². The van der Waals surface area contributed by atoms with Crippen molar-refractivity contribution in [1.82, 2.24) is 4.90 Å². The molecule has 0 aromatic heterocycles. The topological polar surface area (TPSA) is 40.5 Å². The van der Waals surface area contributed by atoms with E-state index < -0.39 is 5.97 Å². The highest BCUT2D eigenvalue weighted by molar-refractivity contribution is 9.10. The summed E-state index contributed by atoms with van der Waals surface area (Å²) < 4.78 is 0.889. The fourth-order valence-corrected chi connectivity index (χ4v) is 2.92. The number of piperidine rings is 1. The highest BCUT2D eigenvalue weighted by Gasteiger charge is 2.19. The molecule has 1 unspecified atom stereocenters. The van der Waals surface area contributed by atoms with Crippen LogP contribution in [0.1, 0.15) is 42.1 Å². The molecule has 1 aromatic carbocycles. The van der Waals surface area contributed by atoms with E-state index in [2.05, 4.69) is 27.8 Å². The van der Waals surface area contributed by atoms with Crippen molar-refractivity contribution in [3.05, 3.63) is 33.8 Å². The van der Waals surface area contributed by atoms with Crippen molar-refractivity contribution in [3.8, 4) is 0 Å². The number of halogens is 1. The van der Waals surface area contributed by atoms with Crippen molar-refractivity contribution < 1.29 is 9.90 Å². The van der Waals surface area contributed by atoms with Gasteiger partial charge in [-0.25, -0.2) is 4.79 Å². The summed E-state index contributed by atoms with van der Waals surface area (Å²) in [6.45, 7) is 4.29. The van der Waals surface area contributed by atoms with Gasteiger partial charge in [0.15, 0.2) is 0 Å². The zero-order valence-electron chi connectivity index (χ0n) is 10.5. The number of benzene rings is 1. The molecule has 2 rings (SSSR count). The van der Waals surface area contributed by atoms with Gasteiger partial charge in [-0.2, -0.15) is 0 Å². The normalized spacial score (nSPS) is 20.9. The zero-order valence-corrected chi connectivity index (χ0v) is 12.1. The molecule has 1 N–H and O–H groups in total. The molecule has 0 amide bonds. The molecule has 0 radical (unpaired) electrons. The van der Waals surface area contributed by atoms with E-state index >= 15 is 0 Å². The third-order valence-electron chi connectivity index (χ3n) is 3.61. The summed E-state index contributed by atoms with van der Waals surface area (Å²) in [7, 11) is 0. The Morgan fingerprint density at radius 3 is 2.89 bits per heavy atom. The van der Waals surface area contributed by atoms with Crippen LogP contribution >= 0.6 is 15.9 Å². The Morgan fingerprint density at radius 2 is 2.28 bits per heavy atom. The van der Waals surface area contributed by atoms with Crippen molar-refractivity contribution in [1.29, 1.82) is 0 Å². The molecular formula is C14H18BrNO2. The van der Waals surface area contributed by atoms with Gasteiger partial charge in [0, 0.05) is 17.1 Å². The molecule has 4 heteroatoms. The molecule has 0 aliphatic carbocycles. The van der Waals surface area contributed by atoms with E-state index in [1.807, 2.05) is 6.07 Å². The first-order valence-corrected chi connectivity index (χ1v) is 7.13. The van der Waals surface area contributed by atoms with Gasteiger partial charge in [0.1, 0.15) is 0 Å². The van der Waals surface area contributed by atoms with Crippen LogP contribution in [0, 0.1) is 0 Å². The van der Waals surface area contributed by atoms with Crippen LogP contribution in [-0.4, -0.2) is 28.6 Å². The van der Waals surface area contributed by atoms with Gasteiger partial charge in [0.2, 0.25) is 0 Å². The van der Waals surface area contributed by atoms with Crippen LogP contribution in [-0.2, 0) is 6.54 Å². The Kier molecular flexibility index (Phi) is 4.40. The minimum absolute atomic E-state index is 0.331. The van der Waals surface area contributed by atoms with Crippen LogP contribution in [0.15, 0.2) is 22.7 Å². The van der Waals surface area contributed by atoms with E-state index in [1.165, 1.54) is 19.3 Å². The Bertz CT molecular complexity index is 447. The van der Waals surface area contributed by atoms with Gasteiger partial charge < -0.3 is 5.11 Å². The van der Waals surface area contributed by atoms with Crippen LogP contribution in [0.5, 0.6) is 0 Å². The molecular weight excluding hydrogens is 294 g/mol. The number of likely N-dealkylation sites (tertiary alicyclic amines) is 1. The lowest BCUT2D eigenvalue weighted by Crippen LogP contribution is -2.36. The first-order valence-electron chi connectivity index (χ1n) is 6.33. The summed E-state index contributed by atoms with van der Waals surface area (Å²) in [5.74, 6) is -0.881. The lowest BCUT2D eigenvalue weighted by molar-refractivity contribution is 0.0696. The lowest BCUT2D eigenvalue weighted by Gasteiger charge is -2.33. The van der Waals surface area contributed by atoms with Crippen molar-refractivity contribution in [2.45, 2.75) is 38.8 Å². The molecule has 18 heavy (non-hydrogen) atoms. The SMILES string of the molecule is CC1CCCCN1Cc1ccc(C(=O)O)cc1Br. The van der Waals surface area contributed by atoms with Crippen LogP contribution in [0.25, 0.3) is 0 Å². The molecule has 1 atom stereocenters. The third kappa shape index (κ3) is 3.12. The maximum atomic E-state index is 10.9. The molecule has 1 heterocycles. The highest BCUT2D eigenvalue weighted by atomic mass is 79.9. The van der Waals surface area contributed by atoms with Crippen molar-refractivity contribution >= 4 is 21.9 Å². The first kappa shape index (κ1) is 13.6. The Labute approximate surface area is 116 Å². The minimum atomic E-state index is -0.881. The maximum Gasteiger partial charge on any atom is 0.335 e. The molecule has 3 nitrogen and oxygen atoms in total. The lowest BCUT2D eigenvalue weighted by atomic mass is 10.0. The third-order valence-corrected chi connectivity index (χ3v) is 4.35. The standard InChI is InChI=1S/C14H18BrNO2/c1-10-4-2-3-7-16(10)9-12-6-5-11(14(17)18)8-13(12)15/h5-6,8,10H,2-4,7,9H2,1H3,(H,17,18). The average Bonchev–Trinajstić information content (AvgIpc) is 2.34. The zero-order chi connectivity index (χ0) is 13.1. The summed E-state index contributed by atoms with van der Waals surface area (Å²) in [6.07, 6.45) is 3.83. The summed E-state index contributed by atoms with van der Waals surface area (Å²) in [5.41, 5.74) is 1.49. The van der Waals surface area contributed by atoms with Gasteiger partial charge in [-0.05, 0) is 44.0 Å². The molecule has 1 aliphatic heterocycles. The Morgan fingerprint density at radius 1 is 1.50 bits per heavy atom. The van der Waals surface area contributed by atoms with E-state index in [9.17, 15) is 4.79 Å².